The van der Waals surface area contributed by atoms with E-state index in [1.807, 2.05) is 19.1 Å². The predicted molar refractivity (Wildman–Crippen MR) is 137 cm³/mol. The first-order chi connectivity index (χ1) is 17.2. The Kier molecular flexibility index (Phi) is 6.14. The van der Waals surface area contributed by atoms with E-state index in [0.29, 0.717) is 35.1 Å². The van der Waals surface area contributed by atoms with Gasteiger partial charge in [-0.15, -0.1) is 0 Å². The van der Waals surface area contributed by atoms with Crippen molar-refractivity contribution in [2.24, 2.45) is 0 Å². The third kappa shape index (κ3) is 3.79. The number of carbonyl (C=O) groups excluding carboxylic acids is 3. The van der Waals surface area contributed by atoms with Gasteiger partial charge in [-0.3, -0.25) is 14.4 Å². The molecule has 7 nitrogen and oxygen atoms in total. The number of amides is 3. The molecule has 2 aliphatic heterocycles. The van der Waals surface area contributed by atoms with Gasteiger partial charge in [-0.05, 0) is 73.0 Å². The average molecular weight is 525 g/mol. The number of benzene rings is 3. The number of hydrogen-bond acceptors (Lipinski definition) is 5. The number of methoxy groups -OCH3 is 2. The molecule has 2 heterocycles. The second-order valence-corrected chi connectivity index (χ2v) is 9.48. The topological polar surface area (TPSA) is 76.2 Å². The molecule has 5 rings (SSSR count). The molecular weight excluding hydrogens is 503 g/mol. The zero-order chi connectivity index (χ0) is 25.7. The Bertz CT molecular complexity index is 1440. The standard InChI is InChI=1S/C27H22Cl2N2O5/c1-14-19-13-24(36-3)23(35-2)11-15(19)8-9-30(14)25(32)16-4-6-18-20(10-16)27(34)31(26(18)33)22-12-17(28)5-7-21(22)29/h4-7,10-14H,8-9H2,1-3H3. The second-order valence-electron chi connectivity index (χ2n) is 8.63. The van der Waals surface area contributed by atoms with Gasteiger partial charge in [0.1, 0.15) is 0 Å². The summed E-state index contributed by atoms with van der Waals surface area (Å²) in [7, 11) is 3.16. The molecule has 0 spiro atoms. The molecule has 3 aromatic rings. The minimum Gasteiger partial charge on any atom is -0.493 e. The molecule has 0 saturated heterocycles. The Morgan fingerprint density at radius 2 is 1.61 bits per heavy atom. The summed E-state index contributed by atoms with van der Waals surface area (Å²) in [6.07, 6.45) is 0.648. The summed E-state index contributed by atoms with van der Waals surface area (Å²) >= 11 is 12.3. The summed E-state index contributed by atoms with van der Waals surface area (Å²) in [5.74, 6) is -0.0550. The zero-order valence-electron chi connectivity index (χ0n) is 19.8. The number of hydrogen-bond donors (Lipinski definition) is 0. The van der Waals surface area contributed by atoms with E-state index in [-0.39, 0.29) is 33.8 Å². The van der Waals surface area contributed by atoms with Crippen LogP contribution in [0.25, 0.3) is 0 Å². The highest BCUT2D eigenvalue weighted by Gasteiger charge is 2.39. The van der Waals surface area contributed by atoms with Crippen molar-refractivity contribution in [1.82, 2.24) is 4.90 Å². The number of fused-ring (bicyclic) bond motifs is 2. The van der Waals surface area contributed by atoms with Crippen molar-refractivity contribution in [2.45, 2.75) is 19.4 Å². The van der Waals surface area contributed by atoms with Crippen LogP contribution in [0.1, 0.15) is 55.2 Å². The smallest absolute Gasteiger partial charge is 0.266 e. The lowest BCUT2D eigenvalue weighted by molar-refractivity contribution is 0.0677. The third-order valence-electron chi connectivity index (χ3n) is 6.73. The molecule has 0 aromatic heterocycles. The molecule has 9 heteroatoms. The van der Waals surface area contributed by atoms with Crippen molar-refractivity contribution >= 4 is 46.6 Å². The first-order valence-corrected chi connectivity index (χ1v) is 12.0. The minimum absolute atomic E-state index is 0.151. The SMILES string of the molecule is COc1cc2c(cc1OC)C(C)N(C(=O)c1ccc3c(c1)C(=O)N(c1cc(Cl)ccc1Cl)C3=O)CC2. The van der Waals surface area contributed by atoms with E-state index in [0.717, 1.165) is 16.0 Å². The monoisotopic (exact) mass is 524 g/mol. The van der Waals surface area contributed by atoms with E-state index in [4.69, 9.17) is 32.7 Å². The number of ether oxygens (including phenoxy) is 2. The fourth-order valence-corrected chi connectivity index (χ4v) is 5.21. The van der Waals surface area contributed by atoms with Crippen LogP contribution in [-0.4, -0.2) is 43.4 Å². The number of imide groups is 1. The van der Waals surface area contributed by atoms with Crippen LogP contribution in [0, 0.1) is 0 Å². The maximum absolute atomic E-state index is 13.6. The van der Waals surface area contributed by atoms with Crippen molar-refractivity contribution in [1.29, 1.82) is 0 Å². The molecule has 0 saturated carbocycles. The van der Waals surface area contributed by atoms with Crippen molar-refractivity contribution in [2.75, 3.05) is 25.7 Å². The predicted octanol–water partition coefficient (Wildman–Crippen LogP) is 5.57. The van der Waals surface area contributed by atoms with Crippen LogP contribution in [0.3, 0.4) is 0 Å². The quantitative estimate of drug-likeness (QED) is 0.417. The Labute approximate surface area is 218 Å². The fraction of sp³-hybridized carbons (Fsp3) is 0.222. The molecule has 0 fully saturated rings. The molecule has 3 aromatic carbocycles. The summed E-state index contributed by atoms with van der Waals surface area (Å²) in [5.41, 5.74) is 2.95. The van der Waals surface area contributed by atoms with E-state index in [9.17, 15) is 14.4 Å². The van der Waals surface area contributed by atoms with Gasteiger partial charge in [-0.2, -0.15) is 0 Å². The van der Waals surface area contributed by atoms with Gasteiger partial charge in [0.2, 0.25) is 0 Å². The number of carbonyl (C=O) groups is 3. The highest BCUT2D eigenvalue weighted by Crippen LogP contribution is 2.39. The summed E-state index contributed by atoms with van der Waals surface area (Å²) in [4.78, 5) is 42.6. The van der Waals surface area contributed by atoms with E-state index in [1.54, 1.807) is 31.3 Å². The van der Waals surface area contributed by atoms with Crippen LogP contribution in [-0.2, 0) is 6.42 Å². The minimum atomic E-state index is -0.553. The first kappa shape index (κ1) is 24.2. The van der Waals surface area contributed by atoms with Gasteiger partial charge < -0.3 is 14.4 Å². The normalized spacial score (nSPS) is 16.6. The summed E-state index contributed by atoms with van der Waals surface area (Å²) < 4.78 is 10.9. The van der Waals surface area contributed by atoms with E-state index < -0.39 is 11.8 Å². The third-order valence-corrected chi connectivity index (χ3v) is 7.28. The van der Waals surface area contributed by atoms with Gasteiger partial charge in [-0.1, -0.05) is 23.2 Å². The van der Waals surface area contributed by atoms with Crippen LogP contribution >= 0.6 is 23.2 Å². The highest BCUT2D eigenvalue weighted by atomic mass is 35.5. The maximum Gasteiger partial charge on any atom is 0.266 e. The van der Waals surface area contributed by atoms with Gasteiger partial charge in [0.25, 0.3) is 17.7 Å². The van der Waals surface area contributed by atoms with Crippen LogP contribution in [0.4, 0.5) is 5.69 Å². The number of rotatable bonds is 4. The summed E-state index contributed by atoms with van der Waals surface area (Å²) in [6.45, 7) is 2.45. The van der Waals surface area contributed by atoms with Gasteiger partial charge in [0, 0.05) is 17.1 Å². The molecule has 0 aliphatic carbocycles. The Morgan fingerprint density at radius 1 is 0.917 bits per heavy atom. The Hall–Kier alpha value is -3.55. The molecule has 36 heavy (non-hydrogen) atoms. The molecule has 0 radical (unpaired) electrons. The van der Waals surface area contributed by atoms with Crippen molar-refractivity contribution in [3.8, 4) is 11.5 Å². The van der Waals surface area contributed by atoms with Crippen LogP contribution in [0.2, 0.25) is 10.0 Å². The zero-order valence-corrected chi connectivity index (χ0v) is 21.3. The molecular formula is C27H22Cl2N2O5. The molecule has 3 amide bonds. The van der Waals surface area contributed by atoms with Gasteiger partial charge in [-0.25, -0.2) is 4.90 Å². The molecule has 184 valence electrons. The van der Waals surface area contributed by atoms with E-state index in [2.05, 4.69) is 0 Å². The highest BCUT2D eigenvalue weighted by molar-refractivity contribution is 6.41. The Balaban J connectivity index is 1.46. The molecule has 1 atom stereocenters. The molecule has 1 unspecified atom stereocenters. The summed E-state index contributed by atoms with van der Waals surface area (Å²) in [6, 6.07) is 12.8. The van der Waals surface area contributed by atoms with Crippen molar-refractivity contribution < 1.29 is 23.9 Å². The maximum atomic E-state index is 13.6. The molecule has 2 aliphatic rings. The van der Waals surface area contributed by atoms with Gasteiger partial charge >= 0.3 is 0 Å². The van der Waals surface area contributed by atoms with Gasteiger partial charge in [0.05, 0.1) is 42.1 Å². The number of nitrogens with zero attached hydrogens (tertiary/aromatic N) is 2. The first-order valence-electron chi connectivity index (χ1n) is 11.3. The lowest BCUT2D eigenvalue weighted by Gasteiger charge is -2.36. The van der Waals surface area contributed by atoms with Crippen molar-refractivity contribution in [3.63, 3.8) is 0 Å². The van der Waals surface area contributed by atoms with Gasteiger partial charge in [0.15, 0.2) is 11.5 Å². The lowest BCUT2D eigenvalue weighted by atomic mass is 9.92. The fourth-order valence-electron chi connectivity index (χ4n) is 4.84. The van der Waals surface area contributed by atoms with Crippen LogP contribution in [0.5, 0.6) is 11.5 Å². The van der Waals surface area contributed by atoms with E-state index >= 15 is 0 Å². The second kappa shape index (κ2) is 9.15. The van der Waals surface area contributed by atoms with E-state index in [1.165, 1.54) is 24.3 Å². The molecule has 0 bridgehead atoms. The van der Waals surface area contributed by atoms with Crippen LogP contribution < -0.4 is 14.4 Å². The largest absolute Gasteiger partial charge is 0.493 e. The number of halogens is 2. The average Bonchev–Trinajstić information content (AvgIpc) is 3.13. The van der Waals surface area contributed by atoms with Crippen molar-refractivity contribution in [3.05, 3.63) is 86.4 Å². The molecule has 0 N–H and O–H groups in total. The Morgan fingerprint density at radius 3 is 2.33 bits per heavy atom. The van der Waals surface area contributed by atoms with Crippen LogP contribution in [0.15, 0.2) is 48.5 Å². The number of anilines is 1. The summed E-state index contributed by atoms with van der Waals surface area (Å²) in [5, 5.41) is 0.563. The lowest BCUT2D eigenvalue weighted by Crippen LogP contribution is -2.39.